The third-order valence-electron chi connectivity index (χ3n) is 5.37. The number of rotatable bonds is 3. The number of likely N-dealkylation sites (tertiary alicyclic amines) is 1. The number of aliphatic hydroxyl groups excluding tert-OH is 1. The highest BCUT2D eigenvalue weighted by Gasteiger charge is 2.47. The van der Waals surface area contributed by atoms with E-state index in [9.17, 15) is 5.11 Å². The predicted molar refractivity (Wildman–Crippen MR) is 80.4 cm³/mol. The van der Waals surface area contributed by atoms with Gasteiger partial charge in [-0.25, -0.2) is 0 Å². The van der Waals surface area contributed by atoms with Crippen LogP contribution in [0.2, 0.25) is 0 Å². The van der Waals surface area contributed by atoms with Crippen molar-refractivity contribution in [2.45, 2.75) is 57.2 Å². The van der Waals surface area contributed by atoms with Gasteiger partial charge < -0.3 is 10.0 Å². The van der Waals surface area contributed by atoms with Crippen molar-refractivity contribution in [2.24, 2.45) is 11.3 Å². The molecule has 0 amide bonds. The van der Waals surface area contributed by atoms with Gasteiger partial charge in [-0.2, -0.15) is 0 Å². The highest BCUT2D eigenvalue weighted by Crippen LogP contribution is 2.47. The number of hydrogen-bond acceptors (Lipinski definition) is 3. The van der Waals surface area contributed by atoms with Gasteiger partial charge >= 0.3 is 0 Å². The molecule has 1 aliphatic heterocycles. The monoisotopic (exact) mass is 288 g/mol. The van der Waals surface area contributed by atoms with E-state index in [2.05, 4.69) is 30.8 Å². The minimum atomic E-state index is -0.324. The number of alkyl halides is 1. The first-order valence-corrected chi connectivity index (χ1v) is 8.00. The molecule has 0 aromatic carbocycles. The lowest BCUT2D eigenvalue weighted by molar-refractivity contribution is 0.00806. The number of hydrogen-bond donors (Lipinski definition) is 1. The molecule has 1 saturated carbocycles. The largest absolute Gasteiger partial charge is 0.379 e. The van der Waals surface area contributed by atoms with Gasteiger partial charge in [0.1, 0.15) is 6.23 Å². The fourth-order valence-electron chi connectivity index (χ4n) is 4.11. The van der Waals surface area contributed by atoms with Crippen molar-refractivity contribution >= 4 is 11.6 Å². The Morgan fingerprint density at radius 1 is 1.37 bits per heavy atom. The Morgan fingerprint density at radius 3 is 2.58 bits per heavy atom. The van der Waals surface area contributed by atoms with Crippen LogP contribution in [0.1, 0.15) is 39.5 Å². The molecule has 2 rings (SSSR count). The second kappa shape index (κ2) is 5.88. The standard InChI is InChI=1S/C15H29ClN2O/c1-11(19)18-8-7-15(2,10-18)13-9-12(16)5-6-14(13)17(3)4/h11-14,19H,5-10H2,1-4H3. The van der Waals surface area contributed by atoms with Crippen molar-refractivity contribution < 1.29 is 5.11 Å². The van der Waals surface area contributed by atoms with E-state index in [0.717, 1.165) is 25.9 Å². The van der Waals surface area contributed by atoms with Gasteiger partial charge in [0.2, 0.25) is 0 Å². The number of nitrogens with zero attached hydrogens (tertiary/aromatic N) is 2. The highest BCUT2D eigenvalue weighted by molar-refractivity contribution is 6.20. The first-order chi connectivity index (χ1) is 8.83. The second-order valence-corrected chi connectivity index (χ2v) is 7.67. The van der Waals surface area contributed by atoms with Crippen molar-refractivity contribution in [3.05, 3.63) is 0 Å². The Bertz CT molecular complexity index is 311. The maximum Gasteiger partial charge on any atom is 0.104 e. The summed E-state index contributed by atoms with van der Waals surface area (Å²) in [6, 6.07) is 0.633. The van der Waals surface area contributed by atoms with E-state index < -0.39 is 0 Å². The summed E-state index contributed by atoms with van der Waals surface area (Å²) in [7, 11) is 4.38. The number of aliphatic hydroxyl groups is 1. The molecule has 1 heterocycles. The lowest BCUT2D eigenvalue weighted by Gasteiger charge is -2.46. The van der Waals surface area contributed by atoms with Crippen LogP contribution in [0.4, 0.5) is 0 Å². The van der Waals surface area contributed by atoms with Gasteiger partial charge in [-0.1, -0.05) is 6.92 Å². The summed E-state index contributed by atoms with van der Waals surface area (Å²) in [6.45, 7) is 6.28. The molecule has 5 atom stereocenters. The molecule has 0 aromatic heterocycles. The Kier molecular flexibility index (Phi) is 4.82. The van der Waals surface area contributed by atoms with Gasteiger partial charge in [0, 0.05) is 24.5 Å². The van der Waals surface area contributed by atoms with Crippen LogP contribution in [0.5, 0.6) is 0 Å². The Balaban J connectivity index is 2.12. The first-order valence-electron chi connectivity index (χ1n) is 7.56. The topological polar surface area (TPSA) is 26.7 Å². The minimum Gasteiger partial charge on any atom is -0.379 e. The normalized spacial score (nSPS) is 42.8. The van der Waals surface area contributed by atoms with Crippen molar-refractivity contribution in [1.82, 2.24) is 9.80 Å². The Hall–Kier alpha value is 0.170. The van der Waals surface area contributed by atoms with E-state index in [1.54, 1.807) is 0 Å². The summed E-state index contributed by atoms with van der Waals surface area (Å²) < 4.78 is 0. The molecule has 0 bridgehead atoms. The molecule has 0 radical (unpaired) electrons. The van der Waals surface area contributed by atoms with Crippen LogP contribution in [0.25, 0.3) is 0 Å². The van der Waals surface area contributed by atoms with Crippen LogP contribution >= 0.6 is 11.6 Å². The summed E-state index contributed by atoms with van der Waals surface area (Å²) in [5.41, 5.74) is 0.291. The summed E-state index contributed by atoms with van der Waals surface area (Å²) in [6.07, 6.45) is 4.31. The van der Waals surface area contributed by atoms with Crippen LogP contribution in [-0.4, -0.2) is 59.7 Å². The molecule has 4 heteroatoms. The highest BCUT2D eigenvalue weighted by atomic mass is 35.5. The average Bonchev–Trinajstić information content (AvgIpc) is 2.73. The van der Waals surface area contributed by atoms with Gasteiger partial charge in [0.05, 0.1) is 0 Å². The van der Waals surface area contributed by atoms with Crippen LogP contribution in [-0.2, 0) is 0 Å². The van der Waals surface area contributed by atoms with Crippen molar-refractivity contribution in [1.29, 1.82) is 0 Å². The second-order valence-electron chi connectivity index (χ2n) is 7.05. The van der Waals surface area contributed by atoms with Gasteiger partial charge in [0.25, 0.3) is 0 Å². The van der Waals surface area contributed by atoms with E-state index in [0.29, 0.717) is 22.8 Å². The molecular formula is C15H29ClN2O. The lowest BCUT2D eigenvalue weighted by Crippen LogP contribution is -2.49. The molecule has 0 aromatic rings. The Labute approximate surface area is 122 Å². The van der Waals surface area contributed by atoms with E-state index in [1.165, 1.54) is 12.8 Å². The SMILES string of the molecule is CC(O)N1CCC(C)(C2CC(Cl)CCC2N(C)C)C1. The zero-order valence-corrected chi connectivity index (χ0v) is 13.5. The summed E-state index contributed by atoms with van der Waals surface area (Å²) in [5, 5.41) is 10.1. The van der Waals surface area contributed by atoms with Crippen molar-refractivity contribution in [3.8, 4) is 0 Å². The molecule has 1 aliphatic carbocycles. The van der Waals surface area contributed by atoms with E-state index in [4.69, 9.17) is 11.6 Å². The van der Waals surface area contributed by atoms with E-state index in [1.807, 2.05) is 6.92 Å². The van der Waals surface area contributed by atoms with Crippen LogP contribution < -0.4 is 0 Å². The lowest BCUT2D eigenvalue weighted by atomic mass is 9.66. The van der Waals surface area contributed by atoms with E-state index >= 15 is 0 Å². The Morgan fingerprint density at radius 2 is 2.05 bits per heavy atom. The molecule has 1 saturated heterocycles. The molecule has 1 N–H and O–H groups in total. The van der Waals surface area contributed by atoms with Crippen LogP contribution in [0, 0.1) is 11.3 Å². The molecule has 2 fully saturated rings. The van der Waals surface area contributed by atoms with Gasteiger partial charge in [-0.05, 0) is 58.0 Å². The molecule has 3 nitrogen and oxygen atoms in total. The molecule has 5 unspecified atom stereocenters. The number of halogens is 1. The predicted octanol–water partition coefficient (Wildman–Crippen LogP) is 2.37. The quantitative estimate of drug-likeness (QED) is 0.808. The third-order valence-corrected chi connectivity index (χ3v) is 5.77. The smallest absolute Gasteiger partial charge is 0.104 e. The maximum absolute atomic E-state index is 9.80. The van der Waals surface area contributed by atoms with Gasteiger partial charge in [-0.15, -0.1) is 11.6 Å². The zero-order valence-electron chi connectivity index (χ0n) is 12.8. The molecule has 112 valence electrons. The third kappa shape index (κ3) is 3.26. The van der Waals surface area contributed by atoms with Gasteiger partial charge in [-0.3, -0.25) is 4.90 Å². The fourth-order valence-corrected chi connectivity index (χ4v) is 4.43. The minimum absolute atomic E-state index is 0.291. The first kappa shape index (κ1) is 15.6. The molecule has 2 aliphatic rings. The molecular weight excluding hydrogens is 260 g/mol. The van der Waals surface area contributed by atoms with Crippen LogP contribution in [0.15, 0.2) is 0 Å². The average molecular weight is 289 g/mol. The van der Waals surface area contributed by atoms with Gasteiger partial charge in [0.15, 0.2) is 0 Å². The van der Waals surface area contributed by atoms with Crippen molar-refractivity contribution in [3.63, 3.8) is 0 Å². The molecule has 0 spiro atoms. The summed E-state index contributed by atoms with van der Waals surface area (Å²) in [4.78, 5) is 4.58. The van der Waals surface area contributed by atoms with E-state index in [-0.39, 0.29) is 6.23 Å². The molecule has 19 heavy (non-hydrogen) atoms. The maximum atomic E-state index is 9.80. The van der Waals surface area contributed by atoms with Crippen LogP contribution in [0.3, 0.4) is 0 Å². The summed E-state index contributed by atoms with van der Waals surface area (Å²) >= 11 is 6.44. The summed E-state index contributed by atoms with van der Waals surface area (Å²) in [5.74, 6) is 0.641. The fraction of sp³-hybridized carbons (Fsp3) is 1.00. The van der Waals surface area contributed by atoms with Crippen molar-refractivity contribution in [2.75, 3.05) is 27.2 Å². The zero-order chi connectivity index (χ0) is 14.2.